The lowest BCUT2D eigenvalue weighted by molar-refractivity contribution is -0.0175. The first-order valence-electron chi connectivity index (χ1n) is 7.33. The third-order valence-electron chi connectivity index (χ3n) is 3.26. The first-order valence-corrected chi connectivity index (χ1v) is 7.33. The summed E-state index contributed by atoms with van der Waals surface area (Å²) in [5.41, 5.74) is 0.320. The van der Waals surface area contributed by atoms with Gasteiger partial charge in [0.15, 0.2) is 0 Å². The van der Waals surface area contributed by atoms with Crippen molar-refractivity contribution in [2.45, 2.75) is 19.4 Å². The van der Waals surface area contributed by atoms with Gasteiger partial charge < -0.3 is 20.3 Å². The molecule has 0 bridgehead atoms. The summed E-state index contributed by atoms with van der Waals surface area (Å²) in [4.78, 5) is 22.6. The van der Waals surface area contributed by atoms with E-state index in [1.807, 2.05) is 7.05 Å². The molecule has 1 aromatic heterocycles. The molecule has 0 radical (unpaired) electrons. The van der Waals surface area contributed by atoms with E-state index in [0.29, 0.717) is 24.7 Å². The molecule has 1 amide bonds. The maximum Gasteiger partial charge on any atom is 0.271 e. The van der Waals surface area contributed by atoms with E-state index in [0.717, 1.165) is 26.1 Å². The van der Waals surface area contributed by atoms with E-state index >= 15 is 0 Å². The number of anilines is 1. The molecule has 1 saturated heterocycles. The number of likely N-dealkylation sites (N-methyl/N-ethyl adjacent to an activating group) is 1. The fraction of sp³-hybridized carbons (Fsp3) is 0.643. The highest BCUT2D eigenvalue weighted by molar-refractivity contribution is 5.92. The monoisotopic (exact) mass is 293 g/mol. The second-order valence-corrected chi connectivity index (χ2v) is 5.18. The van der Waals surface area contributed by atoms with Gasteiger partial charge in [-0.15, -0.1) is 0 Å². The molecule has 2 N–H and O–H groups in total. The minimum absolute atomic E-state index is 0.0297. The van der Waals surface area contributed by atoms with E-state index in [4.69, 9.17) is 4.74 Å². The number of aromatic nitrogens is 2. The molecule has 2 rings (SSSR count). The third kappa shape index (κ3) is 4.95. The number of nitrogens with one attached hydrogen (secondary N) is 2. The smallest absolute Gasteiger partial charge is 0.271 e. The van der Waals surface area contributed by atoms with Gasteiger partial charge in [0.05, 0.1) is 25.1 Å². The second-order valence-electron chi connectivity index (χ2n) is 5.18. The zero-order chi connectivity index (χ0) is 15.1. The van der Waals surface area contributed by atoms with Gasteiger partial charge in [-0.25, -0.2) is 4.98 Å². The Morgan fingerprint density at radius 3 is 3.14 bits per heavy atom. The quantitative estimate of drug-likeness (QED) is 0.788. The molecule has 0 aromatic carbocycles. The number of hydrogen-bond donors (Lipinski definition) is 2. The molecule has 7 nitrogen and oxygen atoms in total. The third-order valence-corrected chi connectivity index (χ3v) is 3.26. The zero-order valence-corrected chi connectivity index (χ0v) is 12.6. The maximum absolute atomic E-state index is 12.1. The van der Waals surface area contributed by atoms with E-state index in [-0.39, 0.29) is 12.0 Å². The molecule has 0 aliphatic carbocycles. The molecular formula is C14H23N5O2. The fourth-order valence-corrected chi connectivity index (χ4v) is 2.10. The minimum Gasteiger partial charge on any atom is -0.374 e. The van der Waals surface area contributed by atoms with Gasteiger partial charge in [-0.3, -0.25) is 9.78 Å². The molecule has 1 aromatic rings. The van der Waals surface area contributed by atoms with Crippen LogP contribution in [0.2, 0.25) is 0 Å². The van der Waals surface area contributed by atoms with E-state index in [9.17, 15) is 4.79 Å². The van der Waals surface area contributed by atoms with E-state index in [2.05, 4.69) is 32.4 Å². The normalized spacial score (nSPS) is 19.2. The SMILES string of the molecule is CCCNc1cncc(C(=O)NCC2CN(C)CCO2)n1. The lowest BCUT2D eigenvalue weighted by atomic mass is 10.2. The largest absolute Gasteiger partial charge is 0.374 e. The summed E-state index contributed by atoms with van der Waals surface area (Å²) in [7, 11) is 2.05. The van der Waals surface area contributed by atoms with E-state index in [1.54, 1.807) is 6.20 Å². The number of carbonyl (C=O) groups excluding carboxylic acids is 1. The van der Waals surface area contributed by atoms with Crippen LogP contribution in [-0.4, -0.2) is 66.7 Å². The van der Waals surface area contributed by atoms with Gasteiger partial charge in [0, 0.05) is 26.2 Å². The maximum atomic E-state index is 12.1. The van der Waals surface area contributed by atoms with Crippen molar-refractivity contribution in [3.05, 3.63) is 18.1 Å². The molecule has 1 atom stereocenters. The highest BCUT2D eigenvalue weighted by Crippen LogP contribution is 2.04. The average molecular weight is 293 g/mol. The van der Waals surface area contributed by atoms with Crippen LogP contribution in [0.25, 0.3) is 0 Å². The summed E-state index contributed by atoms with van der Waals surface area (Å²) >= 11 is 0. The van der Waals surface area contributed by atoms with Crippen LogP contribution < -0.4 is 10.6 Å². The molecule has 1 aliphatic heterocycles. The highest BCUT2D eigenvalue weighted by Gasteiger charge is 2.19. The standard InChI is InChI=1S/C14H23N5O2/c1-3-4-16-13-9-15-8-12(18-13)14(20)17-7-11-10-19(2)5-6-21-11/h8-9,11H,3-7,10H2,1-2H3,(H,16,18)(H,17,20). The predicted molar refractivity (Wildman–Crippen MR) is 80.4 cm³/mol. The van der Waals surface area contributed by atoms with Crippen molar-refractivity contribution in [2.24, 2.45) is 0 Å². The van der Waals surface area contributed by atoms with Crippen LogP contribution in [0.3, 0.4) is 0 Å². The number of carbonyl (C=O) groups is 1. The molecular weight excluding hydrogens is 270 g/mol. The fourth-order valence-electron chi connectivity index (χ4n) is 2.10. The van der Waals surface area contributed by atoms with Gasteiger partial charge in [-0.1, -0.05) is 6.92 Å². The minimum atomic E-state index is -0.223. The number of ether oxygens (including phenoxy) is 1. The van der Waals surface area contributed by atoms with E-state index in [1.165, 1.54) is 6.20 Å². The van der Waals surface area contributed by atoms with Crippen LogP contribution in [0.1, 0.15) is 23.8 Å². The van der Waals surface area contributed by atoms with Crippen molar-refractivity contribution in [3.8, 4) is 0 Å². The molecule has 1 unspecified atom stereocenters. The van der Waals surface area contributed by atoms with Crippen molar-refractivity contribution < 1.29 is 9.53 Å². The molecule has 0 saturated carbocycles. The molecule has 2 heterocycles. The predicted octanol–water partition coefficient (Wildman–Crippen LogP) is 0.359. The number of morpholine rings is 1. The molecule has 7 heteroatoms. The van der Waals surface area contributed by atoms with Crippen molar-refractivity contribution in [1.29, 1.82) is 0 Å². The average Bonchev–Trinajstić information content (AvgIpc) is 2.51. The van der Waals surface area contributed by atoms with Crippen LogP contribution in [0.15, 0.2) is 12.4 Å². The van der Waals surface area contributed by atoms with Crippen molar-refractivity contribution in [2.75, 3.05) is 45.2 Å². The van der Waals surface area contributed by atoms with Gasteiger partial charge in [-0.05, 0) is 13.5 Å². The molecule has 1 aliphatic rings. The van der Waals surface area contributed by atoms with Gasteiger partial charge in [-0.2, -0.15) is 0 Å². The number of amides is 1. The Morgan fingerprint density at radius 1 is 1.52 bits per heavy atom. The summed E-state index contributed by atoms with van der Waals surface area (Å²) in [5.74, 6) is 0.401. The van der Waals surface area contributed by atoms with Crippen LogP contribution >= 0.6 is 0 Å². The van der Waals surface area contributed by atoms with Crippen molar-refractivity contribution >= 4 is 11.7 Å². The highest BCUT2D eigenvalue weighted by atomic mass is 16.5. The van der Waals surface area contributed by atoms with Gasteiger partial charge in [0.1, 0.15) is 11.5 Å². The lowest BCUT2D eigenvalue weighted by Gasteiger charge is -2.30. The Morgan fingerprint density at radius 2 is 2.38 bits per heavy atom. The van der Waals surface area contributed by atoms with E-state index < -0.39 is 0 Å². The summed E-state index contributed by atoms with van der Waals surface area (Å²) in [6.07, 6.45) is 4.11. The van der Waals surface area contributed by atoms with Crippen molar-refractivity contribution in [3.63, 3.8) is 0 Å². The second kappa shape index (κ2) is 7.90. The van der Waals surface area contributed by atoms with Crippen LogP contribution in [-0.2, 0) is 4.74 Å². The molecule has 1 fully saturated rings. The van der Waals surface area contributed by atoms with Crippen molar-refractivity contribution in [1.82, 2.24) is 20.2 Å². The van der Waals surface area contributed by atoms with Crippen LogP contribution in [0, 0.1) is 0 Å². The molecule has 116 valence electrons. The Bertz CT molecular complexity index is 468. The van der Waals surface area contributed by atoms with Crippen LogP contribution in [0.4, 0.5) is 5.82 Å². The van der Waals surface area contributed by atoms with Gasteiger partial charge >= 0.3 is 0 Å². The number of rotatable bonds is 6. The Labute approximate surface area is 125 Å². The molecule has 0 spiro atoms. The topological polar surface area (TPSA) is 79.4 Å². The Hall–Kier alpha value is -1.73. The first-order chi connectivity index (χ1) is 10.2. The number of hydrogen-bond acceptors (Lipinski definition) is 6. The summed E-state index contributed by atoms with van der Waals surface area (Å²) in [6, 6.07) is 0. The summed E-state index contributed by atoms with van der Waals surface area (Å²) in [6.45, 7) is 5.82. The Balaban J connectivity index is 1.85. The number of nitrogens with zero attached hydrogens (tertiary/aromatic N) is 3. The first kappa shape index (κ1) is 15.7. The summed E-state index contributed by atoms with van der Waals surface area (Å²) in [5, 5.41) is 5.97. The molecule has 21 heavy (non-hydrogen) atoms. The summed E-state index contributed by atoms with van der Waals surface area (Å²) < 4.78 is 5.61. The zero-order valence-electron chi connectivity index (χ0n) is 12.6. The van der Waals surface area contributed by atoms with Crippen LogP contribution in [0.5, 0.6) is 0 Å². The lowest BCUT2D eigenvalue weighted by Crippen LogP contribution is -2.46. The van der Waals surface area contributed by atoms with Gasteiger partial charge in [0.2, 0.25) is 0 Å². The van der Waals surface area contributed by atoms with Gasteiger partial charge in [0.25, 0.3) is 5.91 Å². The Kier molecular flexibility index (Phi) is 5.89.